The molecular formula is C10H11FN2O6S. The Bertz CT molecular complexity index is 645. The van der Waals surface area contributed by atoms with Crippen LogP contribution in [0.15, 0.2) is 23.1 Å². The number of carbonyl (C=O) groups is 1. The van der Waals surface area contributed by atoms with E-state index in [0.717, 1.165) is 6.07 Å². The van der Waals surface area contributed by atoms with Crippen molar-refractivity contribution < 1.29 is 27.6 Å². The molecule has 10 heteroatoms. The zero-order chi connectivity index (χ0) is 15.5. The lowest BCUT2D eigenvalue weighted by Crippen LogP contribution is -2.40. The van der Waals surface area contributed by atoms with Gasteiger partial charge in [0, 0.05) is 12.1 Å². The number of hydrogen-bond donors (Lipinski definition) is 2. The minimum Gasteiger partial charge on any atom is -0.480 e. The van der Waals surface area contributed by atoms with Crippen LogP contribution >= 0.6 is 0 Å². The molecule has 0 fully saturated rings. The fraction of sp³-hybridized carbons (Fsp3) is 0.300. The van der Waals surface area contributed by atoms with Crippen LogP contribution in [0.4, 0.5) is 10.1 Å². The van der Waals surface area contributed by atoms with Gasteiger partial charge in [-0.2, -0.15) is 9.11 Å². The Morgan fingerprint density at radius 3 is 2.55 bits per heavy atom. The number of halogens is 1. The fourth-order valence-electron chi connectivity index (χ4n) is 1.37. The molecule has 1 aromatic carbocycles. The molecule has 0 heterocycles. The predicted molar refractivity (Wildman–Crippen MR) is 65.1 cm³/mol. The van der Waals surface area contributed by atoms with E-state index in [9.17, 15) is 27.7 Å². The highest BCUT2D eigenvalue weighted by atomic mass is 32.2. The van der Waals surface area contributed by atoms with Crippen molar-refractivity contribution >= 4 is 21.7 Å². The second kappa shape index (κ2) is 5.92. The van der Waals surface area contributed by atoms with Gasteiger partial charge >= 0.3 is 11.7 Å². The van der Waals surface area contributed by atoms with Gasteiger partial charge in [-0.3, -0.25) is 14.9 Å². The molecule has 0 saturated carbocycles. The molecule has 0 amide bonds. The van der Waals surface area contributed by atoms with Crippen molar-refractivity contribution in [3.05, 3.63) is 34.1 Å². The number of sulfonamides is 1. The van der Waals surface area contributed by atoms with Crippen LogP contribution in [0.2, 0.25) is 0 Å². The lowest BCUT2D eigenvalue weighted by atomic mass is 10.2. The maximum atomic E-state index is 13.4. The molecule has 0 saturated heterocycles. The average Bonchev–Trinajstić information content (AvgIpc) is 2.35. The number of nitrogens with one attached hydrogen (secondary N) is 1. The molecule has 0 aliphatic rings. The third kappa shape index (κ3) is 3.48. The molecule has 1 rings (SSSR count). The molecule has 110 valence electrons. The van der Waals surface area contributed by atoms with E-state index in [1.165, 1.54) is 6.92 Å². The standard InChI is InChI=1S/C10H11FN2O6S/c1-2-8(10(14)15)12-20(18,19)6-3-4-9(13(16)17)7(11)5-6/h3-5,8,12H,2H2,1H3,(H,14,15)/t8-/m0/s1. The first-order chi connectivity index (χ1) is 9.19. The molecule has 1 atom stereocenters. The number of nitro groups is 1. The van der Waals surface area contributed by atoms with Gasteiger partial charge in [0.15, 0.2) is 0 Å². The van der Waals surface area contributed by atoms with E-state index < -0.39 is 43.4 Å². The summed E-state index contributed by atoms with van der Waals surface area (Å²) in [6.45, 7) is 1.46. The topological polar surface area (TPSA) is 127 Å². The van der Waals surface area contributed by atoms with Crippen LogP contribution < -0.4 is 4.72 Å². The Morgan fingerprint density at radius 1 is 1.55 bits per heavy atom. The van der Waals surface area contributed by atoms with Gasteiger partial charge in [0.05, 0.1) is 9.82 Å². The molecule has 0 aliphatic carbocycles. The molecular weight excluding hydrogens is 295 g/mol. The summed E-state index contributed by atoms with van der Waals surface area (Å²) in [5, 5.41) is 19.2. The summed E-state index contributed by atoms with van der Waals surface area (Å²) in [4.78, 5) is 19.6. The first kappa shape index (κ1) is 16.0. The van der Waals surface area contributed by atoms with Gasteiger partial charge in [0.1, 0.15) is 6.04 Å². The SMILES string of the molecule is CC[C@H](NS(=O)(=O)c1ccc([N+](=O)[O-])c(F)c1)C(=O)O. The third-order valence-electron chi connectivity index (χ3n) is 2.43. The van der Waals surface area contributed by atoms with E-state index in [-0.39, 0.29) is 6.42 Å². The van der Waals surface area contributed by atoms with Crippen molar-refractivity contribution in [3.63, 3.8) is 0 Å². The number of nitrogens with zero attached hydrogens (tertiary/aromatic N) is 1. The van der Waals surface area contributed by atoms with Crippen molar-refractivity contribution in [1.82, 2.24) is 4.72 Å². The van der Waals surface area contributed by atoms with Crippen molar-refractivity contribution in [2.45, 2.75) is 24.3 Å². The summed E-state index contributed by atoms with van der Waals surface area (Å²) in [6, 6.07) is 0.636. The molecule has 0 radical (unpaired) electrons. The van der Waals surface area contributed by atoms with Crippen molar-refractivity contribution in [2.24, 2.45) is 0 Å². The number of aliphatic carboxylic acids is 1. The van der Waals surface area contributed by atoms with Gasteiger partial charge in [-0.25, -0.2) is 8.42 Å². The summed E-state index contributed by atoms with van der Waals surface area (Å²) in [5.41, 5.74) is -0.866. The second-order valence-electron chi connectivity index (χ2n) is 3.79. The van der Waals surface area contributed by atoms with Crippen molar-refractivity contribution in [2.75, 3.05) is 0 Å². The fourth-order valence-corrected chi connectivity index (χ4v) is 2.65. The van der Waals surface area contributed by atoms with E-state index in [2.05, 4.69) is 0 Å². The highest BCUT2D eigenvalue weighted by Gasteiger charge is 2.26. The molecule has 0 spiro atoms. The first-order valence-electron chi connectivity index (χ1n) is 5.38. The van der Waals surface area contributed by atoms with Crippen LogP contribution in [0.25, 0.3) is 0 Å². The number of carboxylic acid groups (broad SMARTS) is 1. The van der Waals surface area contributed by atoms with Gasteiger partial charge in [-0.1, -0.05) is 6.92 Å². The van der Waals surface area contributed by atoms with E-state index in [0.29, 0.717) is 12.1 Å². The minimum absolute atomic E-state index is 0.00989. The van der Waals surface area contributed by atoms with Crippen molar-refractivity contribution in [3.8, 4) is 0 Å². The Kier molecular flexibility index (Phi) is 4.73. The number of nitro benzene ring substituents is 1. The Labute approximate surface area is 113 Å². The molecule has 2 N–H and O–H groups in total. The summed E-state index contributed by atoms with van der Waals surface area (Å²) in [5.74, 6) is -2.69. The molecule has 0 aromatic heterocycles. The van der Waals surface area contributed by atoms with E-state index in [1.807, 2.05) is 4.72 Å². The predicted octanol–water partition coefficient (Wildman–Crippen LogP) is 0.875. The quantitative estimate of drug-likeness (QED) is 0.593. The highest BCUT2D eigenvalue weighted by molar-refractivity contribution is 7.89. The highest BCUT2D eigenvalue weighted by Crippen LogP contribution is 2.21. The van der Waals surface area contributed by atoms with Crippen LogP contribution in [0.3, 0.4) is 0 Å². The smallest absolute Gasteiger partial charge is 0.321 e. The summed E-state index contributed by atoms with van der Waals surface area (Å²) >= 11 is 0. The van der Waals surface area contributed by atoms with E-state index in [1.54, 1.807) is 0 Å². The monoisotopic (exact) mass is 306 g/mol. The molecule has 0 bridgehead atoms. The van der Waals surface area contributed by atoms with Crippen LogP contribution in [-0.2, 0) is 14.8 Å². The van der Waals surface area contributed by atoms with Crippen LogP contribution in [0.1, 0.15) is 13.3 Å². The molecule has 1 aromatic rings. The number of rotatable bonds is 6. The second-order valence-corrected chi connectivity index (χ2v) is 5.50. The van der Waals surface area contributed by atoms with Crippen LogP contribution in [0, 0.1) is 15.9 Å². The maximum absolute atomic E-state index is 13.4. The minimum atomic E-state index is -4.28. The zero-order valence-corrected chi connectivity index (χ0v) is 11.1. The summed E-state index contributed by atoms with van der Waals surface area (Å²) in [6.07, 6.45) is -0.00989. The largest absolute Gasteiger partial charge is 0.480 e. The zero-order valence-electron chi connectivity index (χ0n) is 10.2. The normalized spacial score (nSPS) is 12.9. The summed E-state index contributed by atoms with van der Waals surface area (Å²) < 4.78 is 38.9. The number of benzene rings is 1. The van der Waals surface area contributed by atoms with Gasteiger partial charge in [-0.05, 0) is 12.5 Å². The van der Waals surface area contributed by atoms with E-state index >= 15 is 0 Å². The number of hydrogen-bond acceptors (Lipinski definition) is 5. The van der Waals surface area contributed by atoms with Crippen LogP contribution in [-0.4, -0.2) is 30.5 Å². The summed E-state index contributed by atoms with van der Waals surface area (Å²) in [7, 11) is -4.28. The third-order valence-corrected chi connectivity index (χ3v) is 3.90. The lowest BCUT2D eigenvalue weighted by Gasteiger charge is -2.12. The number of carboxylic acids is 1. The molecule has 0 aliphatic heterocycles. The van der Waals surface area contributed by atoms with Gasteiger partial charge in [0.2, 0.25) is 15.8 Å². The average molecular weight is 306 g/mol. The lowest BCUT2D eigenvalue weighted by molar-refractivity contribution is -0.387. The Hall–Kier alpha value is -2.07. The maximum Gasteiger partial charge on any atom is 0.321 e. The van der Waals surface area contributed by atoms with Crippen molar-refractivity contribution in [1.29, 1.82) is 0 Å². The molecule has 0 unspecified atom stereocenters. The first-order valence-corrected chi connectivity index (χ1v) is 6.86. The Balaban J connectivity index is 3.13. The molecule has 20 heavy (non-hydrogen) atoms. The van der Waals surface area contributed by atoms with Crippen LogP contribution in [0.5, 0.6) is 0 Å². The van der Waals surface area contributed by atoms with Gasteiger partial charge in [-0.15, -0.1) is 0 Å². The Morgan fingerprint density at radius 2 is 2.15 bits per heavy atom. The van der Waals surface area contributed by atoms with Gasteiger partial charge < -0.3 is 5.11 Å². The van der Waals surface area contributed by atoms with Gasteiger partial charge in [0.25, 0.3) is 0 Å². The molecule has 8 nitrogen and oxygen atoms in total. The van der Waals surface area contributed by atoms with E-state index in [4.69, 9.17) is 5.11 Å².